The molecule has 1 amide bonds. The van der Waals surface area contributed by atoms with Crippen molar-refractivity contribution in [1.29, 1.82) is 0 Å². The highest BCUT2D eigenvalue weighted by Gasteiger charge is 2.17. The summed E-state index contributed by atoms with van der Waals surface area (Å²) in [5, 5.41) is 10.6. The summed E-state index contributed by atoms with van der Waals surface area (Å²) in [6.45, 7) is 1.93. The maximum absolute atomic E-state index is 12.4. The van der Waals surface area contributed by atoms with Gasteiger partial charge in [-0.3, -0.25) is 14.3 Å². The van der Waals surface area contributed by atoms with Crippen molar-refractivity contribution in [2.24, 2.45) is 0 Å². The van der Waals surface area contributed by atoms with Crippen molar-refractivity contribution in [3.63, 3.8) is 0 Å². The summed E-state index contributed by atoms with van der Waals surface area (Å²) in [5.41, 5.74) is 2.12. The van der Waals surface area contributed by atoms with Crippen molar-refractivity contribution in [2.45, 2.75) is 31.7 Å². The predicted molar refractivity (Wildman–Crippen MR) is 105 cm³/mol. The fourth-order valence-corrected chi connectivity index (χ4v) is 3.02. The summed E-state index contributed by atoms with van der Waals surface area (Å²) in [6, 6.07) is 9.49. The second-order valence-electron chi connectivity index (χ2n) is 6.41. The van der Waals surface area contributed by atoms with Crippen LogP contribution >= 0.6 is 12.4 Å². The van der Waals surface area contributed by atoms with Crippen LogP contribution in [0.5, 0.6) is 0 Å². The Kier molecular flexibility index (Phi) is 7.82. The summed E-state index contributed by atoms with van der Waals surface area (Å²) in [5.74, 6) is -0.457. The first-order chi connectivity index (χ1) is 12.7. The number of hydrogen-bond donors (Lipinski definition) is 2. The standard InChI is InChI=1S/C19H24N4O3.ClH/c1-26-18(24)9-6-14-4-7-15(8-5-14)21-19(25)17-10-12-23(22-17)16-3-2-11-20-13-16;/h4-5,7-8,10,12,16,20H,2-3,6,9,11,13H2,1H3,(H,21,25);1H. The summed E-state index contributed by atoms with van der Waals surface area (Å²) in [7, 11) is 1.38. The zero-order valence-corrected chi connectivity index (χ0v) is 16.1. The molecule has 0 spiro atoms. The molecule has 1 aliphatic rings. The number of anilines is 1. The highest BCUT2D eigenvalue weighted by Crippen LogP contribution is 2.17. The lowest BCUT2D eigenvalue weighted by atomic mass is 10.1. The molecule has 1 fully saturated rings. The molecule has 2 heterocycles. The van der Waals surface area contributed by atoms with Gasteiger partial charge < -0.3 is 15.4 Å². The van der Waals surface area contributed by atoms with E-state index in [4.69, 9.17) is 0 Å². The van der Waals surface area contributed by atoms with Crippen LogP contribution in [-0.2, 0) is 16.0 Å². The zero-order valence-electron chi connectivity index (χ0n) is 15.3. The van der Waals surface area contributed by atoms with Crippen molar-refractivity contribution in [1.82, 2.24) is 15.1 Å². The molecule has 0 bridgehead atoms. The van der Waals surface area contributed by atoms with E-state index in [1.807, 2.05) is 35.1 Å². The van der Waals surface area contributed by atoms with E-state index in [0.29, 0.717) is 30.3 Å². The van der Waals surface area contributed by atoms with E-state index in [9.17, 15) is 9.59 Å². The minimum atomic E-state index is -0.230. The second-order valence-corrected chi connectivity index (χ2v) is 6.41. The Labute approximate surface area is 164 Å². The lowest BCUT2D eigenvalue weighted by Crippen LogP contribution is -2.32. The molecule has 1 unspecified atom stereocenters. The smallest absolute Gasteiger partial charge is 0.305 e. The zero-order chi connectivity index (χ0) is 18.4. The Bertz CT molecular complexity index is 755. The third-order valence-corrected chi connectivity index (χ3v) is 4.54. The number of methoxy groups -OCH3 is 1. The van der Waals surface area contributed by atoms with E-state index < -0.39 is 0 Å². The topological polar surface area (TPSA) is 85.2 Å². The highest BCUT2D eigenvalue weighted by molar-refractivity contribution is 6.02. The van der Waals surface area contributed by atoms with E-state index in [-0.39, 0.29) is 24.3 Å². The largest absolute Gasteiger partial charge is 0.469 e. The van der Waals surface area contributed by atoms with Crippen molar-refractivity contribution in [3.05, 3.63) is 47.8 Å². The number of aryl methyl sites for hydroxylation is 1. The van der Waals surface area contributed by atoms with E-state index in [1.165, 1.54) is 7.11 Å². The number of ether oxygens (including phenoxy) is 1. The minimum absolute atomic E-state index is 0. The molecular weight excluding hydrogens is 368 g/mol. The number of hydrogen-bond acceptors (Lipinski definition) is 5. The van der Waals surface area contributed by atoms with Crippen molar-refractivity contribution < 1.29 is 14.3 Å². The minimum Gasteiger partial charge on any atom is -0.469 e. The first-order valence-corrected chi connectivity index (χ1v) is 8.88. The monoisotopic (exact) mass is 392 g/mol. The first kappa shape index (κ1) is 20.9. The molecule has 7 nitrogen and oxygen atoms in total. The Morgan fingerprint density at radius 3 is 2.74 bits per heavy atom. The highest BCUT2D eigenvalue weighted by atomic mass is 35.5. The third-order valence-electron chi connectivity index (χ3n) is 4.54. The molecule has 146 valence electrons. The van der Waals surface area contributed by atoms with Gasteiger partial charge in [0.05, 0.1) is 13.2 Å². The number of carbonyl (C=O) groups excluding carboxylic acids is 2. The average molecular weight is 393 g/mol. The molecule has 2 aromatic rings. The molecule has 1 aliphatic heterocycles. The normalized spacial score (nSPS) is 16.3. The first-order valence-electron chi connectivity index (χ1n) is 8.88. The van der Waals surface area contributed by atoms with Gasteiger partial charge in [-0.05, 0) is 49.6 Å². The van der Waals surface area contributed by atoms with Gasteiger partial charge in [0.1, 0.15) is 0 Å². The van der Waals surface area contributed by atoms with Gasteiger partial charge in [0.25, 0.3) is 5.91 Å². The Morgan fingerprint density at radius 2 is 2.07 bits per heavy atom. The van der Waals surface area contributed by atoms with Gasteiger partial charge >= 0.3 is 5.97 Å². The summed E-state index contributed by atoms with van der Waals surface area (Å²) >= 11 is 0. The number of rotatable bonds is 6. The summed E-state index contributed by atoms with van der Waals surface area (Å²) in [6.07, 6.45) is 5.01. The molecule has 1 aromatic heterocycles. The number of halogens is 1. The molecule has 27 heavy (non-hydrogen) atoms. The van der Waals surface area contributed by atoms with Gasteiger partial charge in [-0.25, -0.2) is 0 Å². The number of aromatic nitrogens is 2. The van der Waals surface area contributed by atoms with Gasteiger partial charge in [0.2, 0.25) is 0 Å². The Balaban J connectivity index is 0.00000261. The lowest BCUT2D eigenvalue weighted by Gasteiger charge is -2.22. The molecule has 3 rings (SSSR count). The van der Waals surface area contributed by atoms with Gasteiger partial charge in [-0.1, -0.05) is 12.1 Å². The fourth-order valence-electron chi connectivity index (χ4n) is 3.02. The number of piperidine rings is 1. The molecular formula is C19H25ClN4O3. The summed E-state index contributed by atoms with van der Waals surface area (Å²) < 4.78 is 6.51. The maximum Gasteiger partial charge on any atom is 0.305 e. The molecule has 8 heteroatoms. The average Bonchev–Trinajstić information content (AvgIpc) is 3.18. The van der Waals surface area contributed by atoms with Crippen LogP contribution in [0.15, 0.2) is 36.5 Å². The number of nitrogens with zero attached hydrogens (tertiary/aromatic N) is 2. The van der Waals surface area contributed by atoms with Crippen LogP contribution in [-0.4, -0.2) is 41.9 Å². The maximum atomic E-state index is 12.4. The molecule has 2 N–H and O–H groups in total. The van der Waals surface area contributed by atoms with E-state index in [2.05, 4.69) is 20.5 Å². The van der Waals surface area contributed by atoms with Gasteiger partial charge in [0, 0.05) is 24.8 Å². The molecule has 0 radical (unpaired) electrons. The van der Waals surface area contributed by atoms with Crippen LogP contribution in [0.4, 0.5) is 5.69 Å². The quantitative estimate of drug-likeness (QED) is 0.738. The van der Waals surface area contributed by atoms with Crippen LogP contribution in [0.25, 0.3) is 0 Å². The van der Waals surface area contributed by atoms with Crippen LogP contribution in [0.2, 0.25) is 0 Å². The van der Waals surface area contributed by atoms with E-state index in [0.717, 1.165) is 31.5 Å². The van der Waals surface area contributed by atoms with Crippen LogP contribution in [0, 0.1) is 0 Å². The molecule has 1 saturated heterocycles. The van der Waals surface area contributed by atoms with Crippen LogP contribution in [0.1, 0.15) is 41.4 Å². The number of benzene rings is 1. The van der Waals surface area contributed by atoms with Crippen molar-refractivity contribution in [2.75, 3.05) is 25.5 Å². The molecule has 0 aliphatic carbocycles. The second kappa shape index (κ2) is 10.1. The van der Waals surface area contributed by atoms with E-state index in [1.54, 1.807) is 6.07 Å². The third kappa shape index (κ3) is 5.80. The number of esters is 1. The SMILES string of the molecule is COC(=O)CCc1ccc(NC(=O)c2ccn(C3CCCNC3)n2)cc1.Cl. The van der Waals surface area contributed by atoms with Crippen LogP contribution < -0.4 is 10.6 Å². The lowest BCUT2D eigenvalue weighted by molar-refractivity contribution is -0.140. The number of nitrogens with one attached hydrogen (secondary N) is 2. The number of amides is 1. The molecule has 1 atom stereocenters. The van der Waals surface area contributed by atoms with Crippen molar-refractivity contribution >= 4 is 30.0 Å². The Hall–Kier alpha value is -2.38. The number of carbonyl (C=O) groups is 2. The fraction of sp³-hybridized carbons (Fsp3) is 0.421. The van der Waals surface area contributed by atoms with Crippen LogP contribution in [0.3, 0.4) is 0 Å². The predicted octanol–water partition coefficient (Wildman–Crippen LogP) is 2.59. The molecule has 1 aromatic carbocycles. The summed E-state index contributed by atoms with van der Waals surface area (Å²) in [4.78, 5) is 23.6. The Morgan fingerprint density at radius 1 is 1.30 bits per heavy atom. The van der Waals surface area contributed by atoms with Gasteiger partial charge in [-0.2, -0.15) is 5.10 Å². The van der Waals surface area contributed by atoms with E-state index >= 15 is 0 Å². The van der Waals surface area contributed by atoms with Gasteiger partial charge in [0.15, 0.2) is 5.69 Å². The molecule has 0 saturated carbocycles. The van der Waals surface area contributed by atoms with Gasteiger partial charge in [-0.15, -0.1) is 12.4 Å². The van der Waals surface area contributed by atoms with Crippen molar-refractivity contribution in [3.8, 4) is 0 Å².